The Balaban J connectivity index is 2.74. The fraction of sp³-hybridized carbons (Fsp3) is 0.429. The molecule has 0 unspecified atom stereocenters. The molecule has 1 aromatic carbocycles. The van der Waals surface area contributed by atoms with Crippen molar-refractivity contribution in [3.05, 3.63) is 29.8 Å². The van der Waals surface area contributed by atoms with Gasteiger partial charge in [-0.05, 0) is 38.5 Å². The lowest BCUT2D eigenvalue weighted by Gasteiger charge is -2.22. The van der Waals surface area contributed by atoms with Gasteiger partial charge >= 0.3 is 6.09 Å². The number of rotatable bonds is 4. The average Bonchev–Trinajstić information content (AvgIpc) is 2.37. The quantitative estimate of drug-likeness (QED) is 0.379. The summed E-state index contributed by atoms with van der Waals surface area (Å²) in [4.78, 5) is 23.3. The molecule has 116 valence electrons. The van der Waals surface area contributed by atoms with Crippen LogP contribution in [0.3, 0.4) is 0 Å². The van der Waals surface area contributed by atoms with Crippen LogP contribution in [0.2, 0.25) is 0 Å². The van der Waals surface area contributed by atoms with Crippen molar-refractivity contribution in [1.82, 2.24) is 10.8 Å². The lowest BCUT2D eigenvalue weighted by molar-refractivity contribution is -0.131. The van der Waals surface area contributed by atoms with Gasteiger partial charge in [0.2, 0.25) is 0 Å². The van der Waals surface area contributed by atoms with Crippen molar-refractivity contribution in [2.45, 2.75) is 38.8 Å². The Morgan fingerprint density at radius 1 is 1.29 bits per heavy atom. The predicted octanol–water partition coefficient (Wildman–Crippen LogP) is 1.21. The third kappa shape index (κ3) is 6.13. The predicted molar refractivity (Wildman–Crippen MR) is 77.6 cm³/mol. The van der Waals surface area contributed by atoms with Gasteiger partial charge in [0, 0.05) is 12.1 Å². The van der Waals surface area contributed by atoms with E-state index in [4.69, 9.17) is 15.7 Å². The normalized spacial score (nSPS) is 12.4. The van der Waals surface area contributed by atoms with E-state index in [1.165, 1.54) is 5.48 Å². The molecule has 0 heterocycles. The molecular weight excluding hydrogens is 274 g/mol. The minimum atomic E-state index is -0.950. The lowest BCUT2D eigenvalue weighted by Crippen LogP contribution is -2.48. The zero-order valence-corrected chi connectivity index (χ0v) is 12.3. The van der Waals surface area contributed by atoms with Crippen LogP contribution in [-0.2, 0) is 16.0 Å². The molecule has 0 spiro atoms. The average molecular weight is 295 g/mol. The Morgan fingerprint density at radius 3 is 2.33 bits per heavy atom. The SMILES string of the molecule is CC(C)(C)OC(=O)N[C@@H](Cc1ccc(N)cc1)C(=O)NO. The van der Waals surface area contributed by atoms with E-state index in [9.17, 15) is 9.59 Å². The molecule has 7 nitrogen and oxygen atoms in total. The van der Waals surface area contributed by atoms with Crippen LogP contribution < -0.4 is 16.5 Å². The number of hydroxylamine groups is 1. The summed E-state index contributed by atoms with van der Waals surface area (Å²) in [6, 6.07) is 5.91. The Morgan fingerprint density at radius 2 is 1.86 bits per heavy atom. The van der Waals surface area contributed by atoms with E-state index in [2.05, 4.69) is 5.32 Å². The van der Waals surface area contributed by atoms with Crippen molar-refractivity contribution in [2.24, 2.45) is 0 Å². The van der Waals surface area contributed by atoms with E-state index in [-0.39, 0.29) is 6.42 Å². The molecule has 0 fully saturated rings. The van der Waals surface area contributed by atoms with Gasteiger partial charge in [-0.2, -0.15) is 0 Å². The summed E-state index contributed by atoms with van der Waals surface area (Å²) in [6.07, 6.45) is -0.530. The summed E-state index contributed by atoms with van der Waals surface area (Å²) in [7, 11) is 0. The van der Waals surface area contributed by atoms with Crippen LogP contribution in [-0.4, -0.2) is 28.9 Å². The molecule has 0 saturated carbocycles. The van der Waals surface area contributed by atoms with E-state index >= 15 is 0 Å². The number of carbonyl (C=O) groups is 2. The summed E-state index contributed by atoms with van der Waals surface area (Å²) in [5.41, 5.74) is 7.83. The minimum Gasteiger partial charge on any atom is -0.444 e. The molecule has 21 heavy (non-hydrogen) atoms. The molecule has 0 aliphatic heterocycles. The summed E-state index contributed by atoms with van der Waals surface area (Å²) in [6.45, 7) is 5.15. The van der Waals surface area contributed by atoms with Gasteiger partial charge in [0.25, 0.3) is 5.91 Å². The summed E-state index contributed by atoms with van der Waals surface area (Å²) < 4.78 is 5.09. The first-order chi connectivity index (χ1) is 9.71. The van der Waals surface area contributed by atoms with Crippen molar-refractivity contribution in [1.29, 1.82) is 0 Å². The monoisotopic (exact) mass is 295 g/mol. The second kappa shape index (κ2) is 6.94. The van der Waals surface area contributed by atoms with Crippen LogP contribution in [0.4, 0.5) is 10.5 Å². The van der Waals surface area contributed by atoms with Crippen molar-refractivity contribution in [3.63, 3.8) is 0 Å². The summed E-state index contributed by atoms with van der Waals surface area (Å²) in [5, 5.41) is 11.2. The maximum atomic E-state index is 11.7. The van der Waals surface area contributed by atoms with Gasteiger partial charge in [0.05, 0.1) is 0 Å². The first kappa shape index (κ1) is 16.8. The smallest absolute Gasteiger partial charge is 0.408 e. The van der Waals surface area contributed by atoms with Gasteiger partial charge in [0.1, 0.15) is 11.6 Å². The van der Waals surface area contributed by atoms with Crippen molar-refractivity contribution < 1.29 is 19.5 Å². The Bertz CT molecular complexity index is 494. The number of hydrogen-bond acceptors (Lipinski definition) is 5. The van der Waals surface area contributed by atoms with Gasteiger partial charge in [0.15, 0.2) is 0 Å². The molecule has 0 aliphatic rings. The highest BCUT2D eigenvalue weighted by molar-refractivity contribution is 5.85. The second-order valence-electron chi connectivity index (χ2n) is 5.62. The van der Waals surface area contributed by atoms with Crippen LogP contribution in [0.25, 0.3) is 0 Å². The highest BCUT2D eigenvalue weighted by Gasteiger charge is 2.24. The number of nitrogens with one attached hydrogen (secondary N) is 2. The first-order valence-electron chi connectivity index (χ1n) is 6.49. The van der Waals surface area contributed by atoms with Crippen LogP contribution >= 0.6 is 0 Å². The lowest BCUT2D eigenvalue weighted by atomic mass is 10.1. The molecule has 0 saturated heterocycles. The van der Waals surface area contributed by atoms with Crippen LogP contribution in [0.1, 0.15) is 26.3 Å². The zero-order chi connectivity index (χ0) is 16.0. The number of ether oxygens (including phenoxy) is 1. The minimum absolute atomic E-state index is 0.200. The molecule has 5 N–H and O–H groups in total. The molecular formula is C14H21N3O4. The van der Waals surface area contributed by atoms with E-state index in [0.717, 1.165) is 5.56 Å². The van der Waals surface area contributed by atoms with Gasteiger partial charge in [-0.15, -0.1) is 0 Å². The topological polar surface area (TPSA) is 114 Å². The maximum Gasteiger partial charge on any atom is 0.408 e. The molecule has 0 radical (unpaired) electrons. The molecule has 0 aliphatic carbocycles. The number of benzene rings is 1. The Labute approximate surface area is 123 Å². The highest BCUT2D eigenvalue weighted by atomic mass is 16.6. The first-order valence-corrected chi connectivity index (χ1v) is 6.49. The molecule has 0 bridgehead atoms. The van der Waals surface area contributed by atoms with E-state index < -0.39 is 23.6 Å². The van der Waals surface area contributed by atoms with Crippen molar-refractivity contribution in [2.75, 3.05) is 5.73 Å². The number of nitrogen functional groups attached to an aromatic ring is 1. The summed E-state index contributed by atoms with van der Waals surface area (Å²) >= 11 is 0. The third-order valence-corrected chi connectivity index (χ3v) is 2.54. The fourth-order valence-corrected chi connectivity index (χ4v) is 1.63. The zero-order valence-electron chi connectivity index (χ0n) is 12.3. The van der Waals surface area contributed by atoms with Gasteiger partial charge < -0.3 is 15.8 Å². The Hall–Kier alpha value is -2.28. The maximum absolute atomic E-state index is 11.7. The number of anilines is 1. The number of hydrogen-bond donors (Lipinski definition) is 4. The molecule has 1 atom stereocenters. The second-order valence-corrected chi connectivity index (χ2v) is 5.62. The van der Waals surface area contributed by atoms with Crippen LogP contribution in [0.5, 0.6) is 0 Å². The van der Waals surface area contributed by atoms with E-state index in [0.29, 0.717) is 5.69 Å². The number of alkyl carbamates (subject to hydrolysis) is 1. The molecule has 1 rings (SSSR count). The van der Waals surface area contributed by atoms with Gasteiger partial charge in [-0.1, -0.05) is 12.1 Å². The van der Waals surface area contributed by atoms with Gasteiger partial charge in [-0.3, -0.25) is 10.0 Å². The number of carbonyl (C=O) groups excluding carboxylic acids is 2. The molecule has 0 aromatic heterocycles. The van der Waals surface area contributed by atoms with Crippen molar-refractivity contribution in [3.8, 4) is 0 Å². The third-order valence-electron chi connectivity index (χ3n) is 2.54. The van der Waals surface area contributed by atoms with Crippen LogP contribution in [0.15, 0.2) is 24.3 Å². The van der Waals surface area contributed by atoms with Gasteiger partial charge in [-0.25, -0.2) is 10.3 Å². The van der Waals surface area contributed by atoms with Crippen LogP contribution in [0, 0.1) is 0 Å². The Kier molecular flexibility index (Phi) is 5.54. The number of nitrogens with two attached hydrogens (primary N) is 1. The summed E-state index contributed by atoms with van der Waals surface area (Å²) in [5.74, 6) is -0.724. The van der Waals surface area contributed by atoms with E-state index in [1.54, 1.807) is 45.0 Å². The van der Waals surface area contributed by atoms with E-state index in [1.807, 2.05) is 0 Å². The molecule has 1 aromatic rings. The standard InChI is InChI=1S/C14H21N3O4/c1-14(2,3)21-13(19)16-11(12(18)17-20)8-9-4-6-10(15)7-5-9/h4-7,11,20H,8,15H2,1-3H3,(H,16,19)(H,17,18)/t11-/m0/s1. The highest BCUT2D eigenvalue weighted by Crippen LogP contribution is 2.10. The van der Waals surface area contributed by atoms with Crippen molar-refractivity contribution >= 4 is 17.7 Å². The molecule has 7 heteroatoms. The number of amides is 2. The largest absolute Gasteiger partial charge is 0.444 e. The fourth-order valence-electron chi connectivity index (χ4n) is 1.63. The molecule has 2 amide bonds.